The normalized spacial score (nSPS) is 16.3. The molecule has 178 valence electrons. The number of benzene rings is 3. The first-order valence-electron chi connectivity index (χ1n) is 12.0. The molecule has 1 N–H and O–H groups in total. The Hall–Kier alpha value is -3.90. The highest BCUT2D eigenvalue weighted by Gasteiger charge is 2.33. The van der Waals surface area contributed by atoms with Gasteiger partial charge in [-0.05, 0) is 23.6 Å². The maximum atomic E-state index is 13.9. The summed E-state index contributed by atoms with van der Waals surface area (Å²) < 4.78 is 5.62. The number of carbonyl (C=O) groups is 1. The molecule has 1 amide bonds. The van der Waals surface area contributed by atoms with Gasteiger partial charge in [0.2, 0.25) is 0 Å². The predicted octanol–water partition coefficient (Wildman–Crippen LogP) is 4.65. The minimum atomic E-state index is -0.0133. The van der Waals surface area contributed by atoms with E-state index < -0.39 is 0 Å². The van der Waals surface area contributed by atoms with Crippen molar-refractivity contribution in [3.63, 3.8) is 0 Å². The average Bonchev–Trinajstić information content (AvgIpc) is 3.40. The van der Waals surface area contributed by atoms with E-state index in [1.807, 2.05) is 59.5 Å². The largest absolute Gasteiger partial charge is 0.496 e. The van der Waals surface area contributed by atoms with Crippen molar-refractivity contribution in [3.8, 4) is 17.0 Å². The SMILES string of the molecule is COc1ccccc1C[C@H]1CN(Cc2ccccc2)CCN1C(=O)c1[nH]cnc1-c1ccccc1. The van der Waals surface area contributed by atoms with Crippen LogP contribution in [0.4, 0.5) is 0 Å². The monoisotopic (exact) mass is 466 g/mol. The Morgan fingerprint density at radius 3 is 2.46 bits per heavy atom. The number of aromatic nitrogens is 2. The number of methoxy groups -OCH3 is 1. The minimum absolute atomic E-state index is 0.00295. The van der Waals surface area contributed by atoms with E-state index in [4.69, 9.17) is 4.74 Å². The van der Waals surface area contributed by atoms with Gasteiger partial charge < -0.3 is 14.6 Å². The summed E-state index contributed by atoms with van der Waals surface area (Å²) in [5.74, 6) is 0.840. The van der Waals surface area contributed by atoms with Gasteiger partial charge in [0, 0.05) is 37.8 Å². The van der Waals surface area contributed by atoms with Crippen molar-refractivity contribution in [2.75, 3.05) is 26.7 Å². The van der Waals surface area contributed by atoms with Crippen molar-refractivity contribution in [2.24, 2.45) is 0 Å². The van der Waals surface area contributed by atoms with Crippen LogP contribution in [-0.4, -0.2) is 58.5 Å². The van der Waals surface area contributed by atoms with Gasteiger partial charge in [-0.15, -0.1) is 0 Å². The summed E-state index contributed by atoms with van der Waals surface area (Å²) in [6.07, 6.45) is 2.33. The fourth-order valence-electron chi connectivity index (χ4n) is 4.89. The molecule has 0 radical (unpaired) electrons. The van der Waals surface area contributed by atoms with Gasteiger partial charge in [0.05, 0.1) is 13.4 Å². The van der Waals surface area contributed by atoms with E-state index in [1.165, 1.54) is 5.56 Å². The molecule has 4 aromatic rings. The number of carbonyl (C=O) groups excluding carboxylic acids is 1. The molecule has 2 heterocycles. The standard InChI is InChI=1S/C29H30N4O2/c1-35-26-15-9-8-14-24(26)18-25-20-32(19-22-10-4-2-5-11-22)16-17-33(25)29(34)28-27(30-21-31-28)23-12-6-3-7-13-23/h2-15,21,25H,16-20H2,1H3,(H,30,31)/t25-/m0/s1. The van der Waals surface area contributed by atoms with Gasteiger partial charge >= 0.3 is 0 Å². The van der Waals surface area contributed by atoms with Crippen LogP contribution in [0.1, 0.15) is 21.6 Å². The van der Waals surface area contributed by atoms with Crippen molar-refractivity contribution in [3.05, 3.63) is 108 Å². The van der Waals surface area contributed by atoms with Gasteiger partial charge in [-0.25, -0.2) is 4.98 Å². The molecule has 6 heteroatoms. The third-order valence-corrected chi connectivity index (χ3v) is 6.63. The van der Waals surface area contributed by atoms with Crippen LogP contribution in [0.5, 0.6) is 5.75 Å². The number of rotatable bonds is 7. The molecular weight excluding hydrogens is 436 g/mol. The summed E-state index contributed by atoms with van der Waals surface area (Å²) in [5.41, 5.74) is 4.55. The number of nitrogens with one attached hydrogen (secondary N) is 1. The van der Waals surface area contributed by atoms with E-state index in [1.54, 1.807) is 13.4 Å². The van der Waals surface area contributed by atoms with Crippen LogP contribution >= 0.6 is 0 Å². The molecule has 1 fully saturated rings. The van der Waals surface area contributed by atoms with Crippen molar-refractivity contribution in [1.29, 1.82) is 0 Å². The molecule has 1 saturated heterocycles. The minimum Gasteiger partial charge on any atom is -0.496 e. The van der Waals surface area contributed by atoms with Crippen LogP contribution < -0.4 is 4.74 Å². The number of piperazine rings is 1. The predicted molar refractivity (Wildman–Crippen MR) is 137 cm³/mol. The van der Waals surface area contributed by atoms with E-state index in [9.17, 15) is 4.79 Å². The Labute approximate surface area is 206 Å². The fourth-order valence-corrected chi connectivity index (χ4v) is 4.89. The highest BCUT2D eigenvalue weighted by atomic mass is 16.5. The highest BCUT2D eigenvalue weighted by Crippen LogP contribution is 2.27. The Balaban J connectivity index is 1.42. The van der Waals surface area contributed by atoms with Gasteiger partial charge in [0.1, 0.15) is 17.1 Å². The van der Waals surface area contributed by atoms with Crippen LogP contribution in [0, 0.1) is 0 Å². The number of ether oxygens (including phenoxy) is 1. The van der Waals surface area contributed by atoms with Crippen molar-refractivity contribution >= 4 is 5.91 Å². The molecule has 6 nitrogen and oxygen atoms in total. The van der Waals surface area contributed by atoms with Gasteiger partial charge in [-0.1, -0.05) is 78.9 Å². The molecule has 1 aliphatic heterocycles. The maximum Gasteiger partial charge on any atom is 0.272 e. The molecule has 1 aromatic heterocycles. The smallest absolute Gasteiger partial charge is 0.272 e. The maximum absolute atomic E-state index is 13.9. The molecule has 1 aliphatic rings. The second-order valence-corrected chi connectivity index (χ2v) is 8.88. The molecule has 0 saturated carbocycles. The molecule has 0 aliphatic carbocycles. The summed E-state index contributed by atoms with van der Waals surface area (Å²) in [6, 6.07) is 28.4. The second kappa shape index (κ2) is 10.6. The first kappa shape index (κ1) is 22.9. The van der Waals surface area contributed by atoms with Crippen LogP contribution in [0.25, 0.3) is 11.3 Å². The van der Waals surface area contributed by atoms with Crippen molar-refractivity contribution in [1.82, 2.24) is 19.8 Å². The third-order valence-electron chi connectivity index (χ3n) is 6.63. The zero-order valence-electron chi connectivity index (χ0n) is 19.9. The third kappa shape index (κ3) is 5.12. The molecule has 5 rings (SSSR count). The number of imidazole rings is 1. The molecular formula is C29H30N4O2. The van der Waals surface area contributed by atoms with Crippen LogP contribution in [-0.2, 0) is 13.0 Å². The summed E-state index contributed by atoms with van der Waals surface area (Å²) >= 11 is 0. The van der Waals surface area contributed by atoms with E-state index >= 15 is 0 Å². The second-order valence-electron chi connectivity index (χ2n) is 8.88. The number of para-hydroxylation sites is 1. The van der Waals surface area contributed by atoms with E-state index in [0.717, 1.165) is 42.9 Å². The topological polar surface area (TPSA) is 61.5 Å². The number of aromatic amines is 1. The summed E-state index contributed by atoms with van der Waals surface area (Å²) in [7, 11) is 1.70. The van der Waals surface area contributed by atoms with Crippen molar-refractivity contribution in [2.45, 2.75) is 19.0 Å². The van der Waals surface area contributed by atoms with E-state index in [2.05, 4.69) is 45.2 Å². The lowest BCUT2D eigenvalue weighted by atomic mass is 9.99. The average molecular weight is 467 g/mol. The lowest BCUT2D eigenvalue weighted by Crippen LogP contribution is -2.55. The molecule has 35 heavy (non-hydrogen) atoms. The molecule has 0 bridgehead atoms. The zero-order chi connectivity index (χ0) is 24.0. The number of nitrogens with zero attached hydrogens (tertiary/aromatic N) is 3. The number of amides is 1. The van der Waals surface area contributed by atoms with E-state index in [-0.39, 0.29) is 11.9 Å². The zero-order valence-corrected chi connectivity index (χ0v) is 19.9. The van der Waals surface area contributed by atoms with Gasteiger partial charge in [-0.3, -0.25) is 9.69 Å². The van der Waals surface area contributed by atoms with E-state index in [0.29, 0.717) is 17.9 Å². The molecule has 0 unspecified atom stereocenters. The summed E-state index contributed by atoms with van der Waals surface area (Å²) in [6.45, 7) is 3.12. The first-order chi connectivity index (χ1) is 17.2. The first-order valence-corrected chi connectivity index (χ1v) is 12.0. The van der Waals surface area contributed by atoms with Crippen LogP contribution in [0.2, 0.25) is 0 Å². The number of hydrogen-bond donors (Lipinski definition) is 1. The van der Waals surface area contributed by atoms with Gasteiger partial charge in [0.25, 0.3) is 5.91 Å². The number of hydrogen-bond acceptors (Lipinski definition) is 4. The fraction of sp³-hybridized carbons (Fsp3) is 0.241. The van der Waals surface area contributed by atoms with Gasteiger partial charge in [0.15, 0.2) is 0 Å². The lowest BCUT2D eigenvalue weighted by molar-refractivity contribution is 0.0433. The molecule has 3 aromatic carbocycles. The highest BCUT2D eigenvalue weighted by molar-refractivity contribution is 5.98. The number of H-pyrrole nitrogens is 1. The Morgan fingerprint density at radius 1 is 0.971 bits per heavy atom. The molecule has 1 atom stereocenters. The van der Waals surface area contributed by atoms with Gasteiger partial charge in [-0.2, -0.15) is 0 Å². The Bertz CT molecular complexity index is 1260. The Morgan fingerprint density at radius 2 is 1.69 bits per heavy atom. The quantitative estimate of drug-likeness (QED) is 0.431. The lowest BCUT2D eigenvalue weighted by Gasteiger charge is -2.41. The Kier molecular flexibility index (Phi) is 6.91. The summed E-state index contributed by atoms with van der Waals surface area (Å²) in [5, 5.41) is 0. The molecule has 0 spiro atoms. The van der Waals surface area contributed by atoms with Crippen LogP contribution in [0.3, 0.4) is 0 Å². The van der Waals surface area contributed by atoms with Crippen LogP contribution in [0.15, 0.2) is 91.3 Å². The summed E-state index contributed by atoms with van der Waals surface area (Å²) in [4.78, 5) is 25.9. The van der Waals surface area contributed by atoms with Crippen molar-refractivity contribution < 1.29 is 9.53 Å².